The number of aliphatic hydroxyl groups is 1. The number of ether oxygens (including phenoxy) is 1. The summed E-state index contributed by atoms with van der Waals surface area (Å²) in [6.07, 6.45) is 0.556. The van der Waals surface area contributed by atoms with Gasteiger partial charge in [-0.2, -0.15) is 0 Å². The molecule has 0 radical (unpaired) electrons. The molecule has 1 aromatic rings. The summed E-state index contributed by atoms with van der Waals surface area (Å²) in [5, 5.41) is 13.7. The van der Waals surface area contributed by atoms with E-state index in [0.717, 1.165) is 5.01 Å². The van der Waals surface area contributed by atoms with Gasteiger partial charge < -0.3 is 15.2 Å². The number of carbonyl (C=O) groups is 1. The van der Waals surface area contributed by atoms with Crippen LogP contribution in [0.4, 0.5) is 0 Å². The first-order chi connectivity index (χ1) is 7.27. The number of hydrogen-bond acceptors (Lipinski definition) is 5. The van der Waals surface area contributed by atoms with Crippen LogP contribution in [-0.4, -0.2) is 36.3 Å². The average molecular weight is 230 g/mol. The van der Waals surface area contributed by atoms with Crippen LogP contribution >= 0.6 is 11.3 Å². The van der Waals surface area contributed by atoms with Crippen LogP contribution in [0.2, 0.25) is 0 Å². The van der Waals surface area contributed by atoms with E-state index in [1.807, 2.05) is 0 Å². The molecule has 1 aromatic heterocycles. The second kappa shape index (κ2) is 6.49. The topological polar surface area (TPSA) is 71.5 Å². The summed E-state index contributed by atoms with van der Waals surface area (Å²) in [5.74, 6) is -0.206. The first-order valence-corrected chi connectivity index (χ1v) is 5.48. The zero-order valence-electron chi connectivity index (χ0n) is 8.52. The first-order valence-electron chi connectivity index (χ1n) is 4.60. The lowest BCUT2D eigenvalue weighted by Crippen LogP contribution is -2.25. The predicted octanol–water partition coefficient (Wildman–Crippen LogP) is 0.402. The maximum Gasteiger partial charge on any atom is 0.270 e. The van der Waals surface area contributed by atoms with Crippen LogP contribution in [-0.2, 0) is 11.3 Å². The van der Waals surface area contributed by atoms with Crippen molar-refractivity contribution in [1.29, 1.82) is 0 Å². The Morgan fingerprint density at radius 1 is 1.73 bits per heavy atom. The van der Waals surface area contributed by atoms with Crippen molar-refractivity contribution in [1.82, 2.24) is 10.3 Å². The molecule has 5 nitrogen and oxygen atoms in total. The molecule has 0 fully saturated rings. The number of methoxy groups -OCH3 is 1. The molecule has 0 spiro atoms. The summed E-state index contributed by atoms with van der Waals surface area (Å²) in [5.41, 5.74) is 0.407. The summed E-state index contributed by atoms with van der Waals surface area (Å²) in [6.45, 7) is 0.966. The van der Waals surface area contributed by atoms with Crippen LogP contribution in [0.25, 0.3) is 0 Å². The number of aliphatic hydroxyl groups excluding tert-OH is 1. The normalized spacial score (nSPS) is 10.3. The standard InChI is InChI=1S/C9H14N2O3S/c1-14-5-8-11-7(6-15-8)9(13)10-3-2-4-12/h6,12H,2-5H2,1H3,(H,10,13). The summed E-state index contributed by atoms with van der Waals surface area (Å²) >= 11 is 1.40. The maximum atomic E-state index is 11.4. The van der Waals surface area contributed by atoms with Crippen molar-refractivity contribution in [3.05, 3.63) is 16.1 Å². The van der Waals surface area contributed by atoms with Crippen LogP contribution in [0.15, 0.2) is 5.38 Å². The molecule has 2 N–H and O–H groups in total. The molecule has 1 amide bonds. The minimum Gasteiger partial charge on any atom is -0.396 e. The van der Waals surface area contributed by atoms with Crippen LogP contribution in [0.1, 0.15) is 21.9 Å². The molecular weight excluding hydrogens is 216 g/mol. The van der Waals surface area contributed by atoms with E-state index in [1.165, 1.54) is 11.3 Å². The molecule has 0 aliphatic carbocycles. The van der Waals surface area contributed by atoms with Crippen molar-refractivity contribution in [2.45, 2.75) is 13.0 Å². The molecule has 1 rings (SSSR count). The fourth-order valence-corrected chi connectivity index (χ4v) is 1.72. The molecule has 0 saturated heterocycles. The lowest BCUT2D eigenvalue weighted by atomic mass is 10.4. The van der Waals surface area contributed by atoms with Crippen molar-refractivity contribution in [2.24, 2.45) is 0 Å². The highest BCUT2D eigenvalue weighted by Gasteiger charge is 2.09. The number of aromatic nitrogens is 1. The summed E-state index contributed by atoms with van der Waals surface area (Å²) in [4.78, 5) is 15.5. The summed E-state index contributed by atoms with van der Waals surface area (Å²) < 4.78 is 4.90. The van der Waals surface area contributed by atoms with Gasteiger partial charge in [0.05, 0.1) is 6.61 Å². The third-order valence-electron chi connectivity index (χ3n) is 1.67. The average Bonchev–Trinajstić information content (AvgIpc) is 2.67. The van der Waals surface area contributed by atoms with Crippen molar-refractivity contribution < 1.29 is 14.6 Å². The van der Waals surface area contributed by atoms with E-state index >= 15 is 0 Å². The molecule has 1 heterocycles. The highest BCUT2D eigenvalue weighted by molar-refractivity contribution is 7.09. The van der Waals surface area contributed by atoms with Gasteiger partial charge in [-0.25, -0.2) is 4.98 Å². The van der Waals surface area contributed by atoms with E-state index in [2.05, 4.69) is 10.3 Å². The predicted molar refractivity (Wildman–Crippen MR) is 56.9 cm³/mol. The molecule has 0 aliphatic heterocycles. The molecule has 0 bridgehead atoms. The molecule has 0 atom stereocenters. The lowest BCUT2D eigenvalue weighted by molar-refractivity contribution is 0.0946. The molecule has 15 heavy (non-hydrogen) atoms. The van der Waals surface area contributed by atoms with E-state index < -0.39 is 0 Å². The largest absolute Gasteiger partial charge is 0.396 e. The summed E-state index contributed by atoms with van der Waals surface area (Å²) in [6, 6.07) is 0. The Labute approximate surface area is 92.1 Å². The van der Waals surface area contributed by atoms with Gasteiger partial charge in [0.2, 0.25) is 0 Å². The van der Waals surface area contributed by atoms with E-state index in [4.69, 9.17) is 9.84 Å². The maximum absolute atomic E-state index is 11.4. The second-order valence-electron chi connectivity index (χ2n) is 2.89. The number of nitrogens with one attached hydrogen (secondary N) is 1. The van der Waals surface area contributed by atoms with Gasteiger partial charge >= 0.3 is 0 Å². The Balaban J connectivity index is 2.43. The minimum absolute atomic E-state index is 0.0757. The third kappa shape index (κ3) is 3.94. The number of nitrogens with zero attached hydrogens (tertiary/aromatic N) is 1. The van der Waals surface area contributed by atoms with Crippen molar-refractivity contribution in [3.63, 3.8) is 0 Å². The van der Waals surface area contributed by atoms with Crippen LogP contribution in [0.3, 0.4) is 0 Å². The number of thiazole rings is 1. The highest BCUT2D eigenvalue weighted by atomic mass is 32.1. The molecular formula is C9H14N2O3S. The van der Waals surface area contributed by atoms with Gasteiger partial charge in [-0.1, -0.05) is 0 Å². The lowest BCUT2D eigenvalue weighted by Gasteiger charge is -2.00. The van der Waals surface area contributed by atoms with E-state index in [-0.39, 0.29) is 12.5 Å². The van der Waals surface area contributed by atoms with Crippen molar-refractivity contribution in [2.75, 3.05) is 20.3 Å². The monoisotopic (exact) mass is 230 g/mol. The fourth-order valence-electron chi connectivity index (χ4n) is 0.976. The molecule has 0 unspecified atom stereocenters. The Morgan fingerprint density at radius 3 is 3.20 bits per heavy atom. The Kier molecular flexibility index (Phi) is 5.23. The van der Waals surface area contributed by atoms with Gasteiger partial charge in [0.15, 0.2) is 0 Å². The fraction of sp³-hybridized carbons (Fsp3) is 0.556. The summed E-state index contributed by atoms with van der Waals surface area (Å²) in [7, 11) is 1.59. The zero-order chi connectivity index (χ0) is 11.1. The first kappa shape index (κ1) is 12.1. The SMILES string of the molecule is COCc1nc(C(=O)NCCCO)cs1. The van der Waals surface area contributed by atoms with Crippen molar-refractivity contribution >= 4 is 17.2 Å². The number of rotatable bonds is 6. The van der Waals surface area contributed by atoms with Gasteiger partial charge in [0, 0.05) is 25.6 Å². The van der Waals surface area contributed by atoms with Gasteiger partial charge in [-0.15, -0.1) is 11.3 Å². The minimum atomic E-state index is -0.206. The smallest absolute Gasteiger partial charge is 0.270 e. The molecule has 0 saturated carbocycles. The Morgan fingerprint density at radius 2 is 2.53 bits per heavy atom. The number of hydrogen-bond donors (Lipinski definition) is 2. The van der Waals surface area contributed by atoms with Crippen LogP contribution < -0.4 is 5.32 Å². The van der Waals surface area contributed by atoms with E-state index in [0.29, 0.717) is 25.3 Å². The Hall–Kier alpha value is -0.980. The van der Waals surface area contributed by atoms with Crippen molar-refractivity contribution in [3.8, 4) is 0 Å². The highest BCUT2D eigenvalue weighted by Crippen LogP contribution is 2.10. The van der Waals surface area contributed by atoms with E-state index in [9.17, 15) is 4.79 Å². The quantitative estimate of drug-likeness (QED) is 0.694. The van der Waals surface area contributed by atoms with Crippen LogP contribution in [0, 0.1) is 0 Å². The van der Waals surface area contributed by atoms with Gasteiger partial charge in [0.25, 0.3) is 5.91 Å². The molecule has 0 aromatic carbocycles. The van der Waals surface area contributed by atoms with Gasteiger partial charge in [0.1, 0.15) is 10.7 Å². The molecule has 6 heteroatoms. The zero-order valence-corrected chi connectivity index (χ0v) is 9.34. The van der Waals surface area contributed by atoms with E-state index in [1.54, 1.807) is 12.5 Å². The number of amides is 1. The molecule has 84 valence electrons. The Bertz CT molecular complexity index is 314. The third-order valence-corrected chi connectivity index (χ3v) is 2.49. The van der Waals surface area contributed by atoms with Crippen LogP contribution in [0.5, 0.6) is 0 Å². The van der Waals surface area contributed by atoms with Gasteiger partial charge in [-0.05, 0) is 6.42 Å². The van der Waals surface area contributed by atoms with Gasteiger partial charge in [-0.3, -0.25) is 4.79 Å². The number of carbonyl (C=O) groups excluding carboxylic acids is 1. The second-order valence-corrected chi connectivity index (χ2v) is 3.84. The molecule has 0 aliphatic rings.